The van der Waals surface area contributed by atoms with Gasteiger partial charge in [-0.25, -0.2) is 14.9 Å². The maximum Gasteiger partial charge on any atom is 0.256 e. The highest BCUT2D eigenvalue weighted by Crippen LogP contribution is 2.30. The van der Waals surface area contributed by atoms with Crippen molar-refractivity contribution in [2.24, 2.45) is 7.05 Å². The predicted octanol–water partition coefficient (Wildman–Crippen LogP) is 2.43. The third kappa shape index (κ3) is 5.25. The topological polar surface area (TPSA) is 107 Å². The lowest BCUT2D eigenvalue weighted by Crippen LogP contribution is -2.23. The van der Waals surface area contributed by atoms with Gasteiger partial charge in [0.25, 0.3) is 5.88 Å². The van der Waals surface area contributed by atoms with Crippen LogP contribution in [-0.2, 0) is 18.4 Å². The summed E-state index contributed by atoms with van der Waals surface area (Å²) < 4.78 is 22.7. The molecular weight excluding hydrogens is 417 g/mol. The van der Waals surface area contributed by atoms with Crippen molar-refractivity contribution in [1.29, 1.82) is 0 Å². The predicted molar refractivity (Wildman–Crippen MR) is 121 cm³/mol. The Balaban J connectivity index is 0.00000141. The summed E-state index contributed by atoms with van der Waals surface area (Å²) >= 11 is 0. The van der Waals surface area contributed by atoms with Gasteiger partial charge < -0.3 is 24.4 Å². The van der Waals surface area contributed by atoms with Crippen molar-refractivity contribution in [3.05, 3.63) is 12.5 Å². The number of alkyl halides is 1. The van der Waals surface area contributed by atoms with Gasteiger partial charge in [-0.05, 0) is 12.8 Å². The molecule has 1 aliphatic rings. The van der Waals surface area contributed by atoms with Crippen LogP contribution in [0.1, 0.15) is 26.7 Å². The smallest absolute Gasteiger partial charge is 0.256 e. The van der Waals surface area contributed by atoms with E-state index >= 15 is 0 Å². The molecule has 32 heavy (non-hydrogen) atoms. The molecule has 1 fully saturated rings. The molecule has 3 aromatic heterocycles. The molecule has 4 heterocycles. The molecule has 1 unspecified atom stereocenters. The number of ether oxygens (including phenoxy) is 1. The summed E-state index contributed by atoms with van der Waals surface area (Å²) in [5, 5.41) is 7.72. The van der Waals surface area contributed by atoms with Gasteiger partial charge in [0.2, 0.25) is 5.95 Å². The van der Waals surface area contributed by atoms with Crippen LogP contribution in [0.15, 0.2) is 12.5 Å². The Hall–Kier alpha value is -2.99. The van der Waals surface area contributed by atoms with Crippen molar-refractivity contribution in [3.8, 4) is 5.88 Å². The minimum atomic E-state index is -0.863. The van der Waals surface area contributed by atoms with Crippen molar-refractivity contribution in [2.45, 2.75) is 39.4 Å². The molecule has 0 amide bonds. The van der Waals surface area contributed by atoms with E-state index in [4.69, 9.17) is 9.57 Å². The van der Waals surface area contributed by atoms with Crippen molar-refractivity contribution in [2.75, 3.05) is 44.1 Å². The molecule has 0 aromatic carbocycles. The number of halogens is 1. The van der Waals surface area contributed by atoms with Crippen molar-refractivity contribution in [3.63, 3.8) is 0 Å². The lowest BCUT2D eigenvalue weighted by atomic mass is 10.3. The summed E-state index contributed by atoms with van der Waals surface area (Å²) in [7, 11) is 5.15. The van der Waals surface area contributed by atoms with Gasteiger partial charge in [-0.15, -0.1) is 5.10 Å². The van der Waals surface area contributed by atoms with E-state index in [1.54, 1.807) is 25.2 Å². The standard InChI is InChI=1S/C18H26FN9O2.C2H6/c1-20-30-8-4-6-28-10-13(17(25-28)29-3)22-15-14-16(26(2)11-21-14)24-18(23-15)27-7-5-12(19)9-27;1-2/h10-12,20H,4-9H2,1-3H3,(H,22,23,24);1-2H3. The monoisotopic (exact) mass is 449 g/mol. The van der Waals surface area contributed by atoms with Gasteiger partial charge in [0, 0.05) is 27.2 Å². The Labute approximate surface area is 186 Å². The van der Waals surface area contributed by atoms with Gasteiger partial charge in [-0.2, -0.15) is 9.97 Å². The number of aromatic nitrogens is 6. The molecule has 3 aromatic rings. The molecule has 1 saturated heterocycles. The molecule has 1 aliphatic heterocycles. The first-order valence-corrected chi connectivity index (χ1v) is 10.8. The molecule has 4 rings (SSSR count). The zero-order valence-electron chi connectivity index (χ0n) is 19.3. The van der Waals surface area contributed by atoms with Gasteiger partial charge >= 0.3 is 0 Å². The number of anilines is 3. The van der Waals surface area contributed by atoms with E-state index in [-0.39, 0.29) is 0 Å². The third-order valence-corrected chi connectivity index (χ3v) is 4.91. The van der Waals surface area contributed by atoms with Crippen molar-refractivity contribution < 1.29 is 14.0 Å². The highest BCUT2D eigenvalue weighted by molar-refractivity contribution is 5.87. The van der Waals surface area contributed by atoms with E-state index in [1.807, 2.05) is 36.6 Å². The molecule has 0 spiro atoms. The van der Waals surface area contributed by atoms with Crippen LogP contribution in [0.4, 0.5) is 21.8 Å². The van der Waals surface area contributed by atoms with Gasteiger partial charge in [0.05, 0.1) is 32.8 Å². The van der Waals surface area contributed by atoms with Gasteiger partial charge in [0.15, 0.2) is 17.0 Å². The molecule has 0 saturated carbocycles. The van der Waals surface area contributed by atoms with Crippen LogP contribution in [0.2, 0.25) is 0 Å². The van der Waals surface area contributed by atoms with Crippen LogP contribution >= 0.6 is 0 Å². The summed E-state index contributed by atoms with van der Waals surface area (Å²) in [5.41, 5.74) is 4.59. The molecule has 0 bridgehead atoms. The van der Waals surface area contributed by atoms with Crippen LogP contribution in [-0.4, -0.2) is 69.3 Å². The molecule has 0 radical (unpaired) electrons. The fourth-order valence-corrected chi connectivity index (χ4v) is 3.41. The number of fused-ring (bicyclic) bond motifs is 1. The maximum absolute atomic E-state index is 13.7. The van der Waals surface area contributed by atoms with Gasteiger partial charge in [-0.1, -0.05) is 13.8 Å². The summed E-state index contributed by atoms with van der Waals surface area (Å²) in [6.45, 7) is 6.11. The molecule has 11 nitrogen and oxygen atoms in total. The van der Waals surface area contributed by atoms with Crippen LogP contribution in [0, 0.1) is 0 Å². The van der Waals surface area contributed by atoms with Gasteiger partial charge in [0.1, 0.15) is 11.9 Å². The van der Waals surface area contributed by atoms with Crippen molar-refractivity contribution >= 4 is 28.6 Å². The Morgan fingerprint density at radius 3 is 2.78 bits per heavy atom. The fraction of sp³-hybridized carbons (Fsp3) is 0.600. The Bertz CT molecular complexity index is 1010. The fourth-order valence-electron chi connectivity index (χ4n) is 3.41. The lowest BCUT2D eigenvalue weighted by molar-refractivity contribution is 0.0537. The molecule has 2 N–H and O–H groups in total. The summed E-state index contributed by atoms with van der Waals surface area (Å²) in [5.74, 6) is 1.44. The quantitative estimate of drug-likeness (QED) is 0.376. The zero-order chi connectivity index (χ0) is 23.1. The average molecular weight is 450 g/mol. The van der Waals surface area contributed by atoms with Crippen molar-refractivity contribution in [1.82, 2.24) is 34.8 Å². The number of hydroxylamine groups is 1. The first-order valence-electron chi connectivity index (χ1n) is 10.8. The largest absolute Gasteiger partial charge is 0.478 e. The van der Waals surface area contributed by atoms with E-state index in [0.717, 1.165) is 6.42 Å². The van der Waals surface area contributed by atoms with Crippen LogP contribution < -0.4 is 20.4 Å². The van der Waals surface area contributed by atoms with Crippen LogP contribution in [0.5, 0.6) is 5.88 Å². The third-order valence-electron chi connectivity index (χ3n) is 4.91. The van der Waals surface area contributed by atoms with Gasteiger partial charge in [-0.3, -0.25) is 4.68 Å². The van der Waals surface area contributed by atoms with E-state index in [1.165, 1.54) is 0 Å². The average Bonchev–Trinajstić information content (AvgIpc) is 3.52. The number of aryl methyl sites for hydroxylation is 2. The number of rotatable bonds is 9. The van der Waals surface area contributed by atoms with E-state index < -0.39 is 6.17 Å². The number of hydrogen-bond acceptors (Lipinski definition) is 9. The molecule has 176 valence electrons. The SMILES string of the molecule is CC.CNOCCCn1cc(Nc2nc(N3CCC(F)C3)nc3c2ncn3C)c(OC)n1. The molecule has 0 aliphatic carbocycles. The van der Waals surface area contributed by atoms with Crippen LogP contribution in [0.3, 0.4) is 0 Å². The highest BCUT2D eigenvalue weighted by Gasteiger charge is 2.26. The first-order chi connectivity index (χ1) is 15.6. The molecular formula is C20H32FN9O2. The Kier molecular flexibility index (Phi) is 8.17. The summed E-state index contributed by atoms with van der Waals surface area (Å²) in [6, 6.07) is 0. The maximum atomic E-state index is 13.7. The second-order valence-electron chi connectivity index (χ2n) is 7.08. The number of methoxy groups -OCH3 is 1. The second kappa shape index (κ2) is 11.0. The Morgan fingerprint density at radius 1 is 1.28 bits per heavy atom. The minimum absolute atomic E-state index is 0.290. The second-order valence-corrected chi connectivity index (χ2v) is 7.08. The highest BCUT2D eigenvalue weighted by atomic mass is 19.1. The Morgan fingerprint density at radius 2 is 2.09 bits per heavy atom. The molecule has 12 heteroatoms. The zero-order valence-corrected chi connectivity index (χ0v) is 19.3. The normalized spacial score (nSPS) is 15.7. The van der Waals surface area contributed by atoms with E-state index in [2.05, 4.69) is 30.8 Å². The summed E-state index contributed by atoms with van der Waals surface area (Å²) in [4.78, 5) is 20.6. The lowest BCUT2D eigenvalue weighted by Gasteiger charge is -2.16. The number of imidazole rings is 1. The number of nitrogens with zero attached hydrogens (tertiary/aromatic N) is 7. The number of nitrogens with one attached hydrogen (secondary N) is 2. The minimum Gasteiger partial charge on any atom is -0.478 e. The van der Waals surface area contributed by atoms with Crippen LogP contribution in [0.25, 0.3) is 11.2 Å². The van der Waals surface area contributed by atoms with E-state index in [9.17, 15) is 4.39 Å². The molecule has 1 atom stereocenters. The van der Waals surface area contributed by atoms with E-state index in [0.29, 0.717) is 67.2 Å². The number of hydrogen-bond donors (Lipinski definition) is 2. The summed E-state index contributed by atoms with van der Waals surface area (Å²) in [6.07, 6.45) is 3.93. The first kappa shape index (κ1) is 23.7.